The van der Waals surface area contributed by atoms with E-state index in [1.165, 1.54) is 30.3 Å². The minimum atomic E-state index is -1.07. The SMILES string of the molecule is CCOc1cc(C(=O)O)cc(Br)c1OCc1ccc(F)cc1Cl. The van der Waals surface area contributed by atoms with Gasteiger partial charge < -0.3 is 14.6 Å². The summed E-state index contributed by atoms with van der Waals surface area (Å²) in [5, 5.41) is 9.34. The van der Waals surface area contributed by atoms with Gasteiger partial charge in [-0.25, -0.2) is 9.18 Å². The van der Waals surface area contributed by atoms with Crippen LogP contribution in [-0.4, -0.2) is 17.7 Å². The van der Waals surface area contributed by atoms with Crippen molar-refractivity contribution in [1.82, 2.24) is 0 Å². The molecule has 7 heteroatoms. The Morgan fingerprint density at radius 2 is 2.04 bits per heavy atom. The van der Waals surface area contributed by atoms with Crippen molar-refractivity contribution in [2.45, 2.75) is 13.5 Å². The van der Waals surface area contributed by atoms with Gasteiger partial charge in [-0.1, -0.05) is 17.7 Å². The Balaban J connectivity index is 2.29. The molecule has 0 aliphatic carbocycles. The van der Waals surface area contributed by atoms with Gasteiger partial charge in [0, 0.05) is 5.56 Å². The summed E-state index contributed by atoms with van der Waals surface area (Å²) in [6, 6.07) is 6.82. The van der Waals surface area contributed by atoms with Gasteiger partial charge in [-0.2, -0.15) is 0 Å². The summed E-state index contributed by atoms with van der Waals surface area (Å²) in [6.45, 7) is 2.22. The number of carboxylic acids is 1. The molecule has 0 amide bonds. The zero-order valence-electron chi connectivity index (χ0n) is 12.1. The van der Waals surface area contributed by atoms with Crippen molar-refractivity contribution in [3.8, 4) is 11.5 Å². The zero-order valence-corrected chi connectivity index (χ0v) is 14.4. The Kier molecular flexibility index (Phi) is 5.85. The van der Waals surface area contributed by atoms with Crippen molar-refractivity contribution in [1.29, 1.82) is 0 Å². The topological polar surface area (TPSA) is 55.8 Å². The first-order valence-corrected chi connectivity index (χ1v) is 7.85. The van der Waals surface area contributed by atoms with Gasteiger partial charge in [0.1, 0.15) is 12.4 Å². The maximum Gasteiger partial charge on any atom is 0.335 e. The first kappa shape index (κ1) is 17.6. The van der Waals surface area contributed by atoms with E-state index in [1.807, 2.05) is 0 Å². The van der Waals surface area contributed by atoms with Gasteiger partial charge in [0.15, 0.2) is 11.5 Å². The first-order valence-electron chi connectivity index (χ1n) is 6.68. The van der Waals surface area contributed by atoms with Gasteiger partial charge in [-0.3, -0.25) is 0 Å². The third-order valence-corrected chi connectivity index (χ3v) is 3.88. The number of rotatable bonds is 6. The van der Waals surface area contributed by atoms with E-state index >= 15 is 0 Å². The highest BCUT2D eigenvalue weighted by Crippen LogP contribution is 2.37. The summed E-state index contributed by atoms with van der Waals surface area (Å²) < 4.78 is 24.6. The van der Waals surface area contributed by atoms with Crippen molar-refractivity contribution in [2.24, 2.45) is 0 Å². The molecule has 0 spiro atoms. The van der Waals surface area contributed by atoms with Crippen LogP contribution in [0.2, 0.25) is 5.02 Å². The van der Waals surface area contributed by atoms with E-state index in [2.05, 4.69) is 15.9 Å². The molecule has 0 saturated heterocycles. The van der Waals surface area contributed by atoms with Crippen molar-refractivity contribution in [3.63, 3.8) is 0 Å². The number of halogens is 3. The fourth-order valence-corrected chi connectivity index (χ4v) is 2.66. The molecule has 0 bridgehead atoms. The highest BCUT2D eigenvalue weighted by atomic mass is 79.9. The van der Waals surface area contributed by atoms with Gasteiger partial charge in [-0.05, 0) is 47.1 Å². The number of carboxylic acid groups (broad SMARTS) is 1. The van der Waals surface area contributed by atoms with E-state index in [-0.39, 0.29) is 17.2 Å². The number of hydrogen-bond acceptors (Lipinski definition) is 3. The van der Waals surface area contributed by atoms with Crippen LogP contribution in [0.5, 0.6) is 11.5 Å². The van der Waals surface area contributed by atoms with Crippen LogP contribution in [-0.2, 0) is 6.61 Å². The molecule has 0 atom stereocenters. The fourth-order valence-electron chi connectivity index (χ4n) is 1.88. The van der Waals surface area contributed by atoms with Crippen LogP contribution in [0.1, 0.15) is 22.8 Å². The summed E-state index contributed by atoms with van der Waals surface area (Å²) >= 11 is 9.24. The minimum Gasteiger partial charge on any atom is -0.490 e. The number of hydrogen-bond donors (Lipinski definition) is 1. The van der Waals surface area contributed by atoms with E-state index in [0.29, 0.717) is 28.1 Å². The van der Waals surface area contributed by atoms with E-state index < -0.39 is 11.8 Å². The van der Waals surface area contributed by atoms with Crippen molar-refractivity contribution >= 4 is 33.5 Å². The first-order chi connectivity index (χ1) is 10.9. The Labute approximate surface area is 145 Å². The standard InChI is InChI=1S/C16H13BrClFO4/c1-2-22-14-6-10(16(20)21)5-12(17)15(14)23-8-9-3-4-11(19)7-13(9)18/h3-7H,2,8H2,1H3,(H,20,21). The molecular formula is C16H13BrClFO4. The normalized spacial score (nSPS) is 10.4. The average molecular weight is 404 g/mol. The van der Waals surface area contributed by atoms with Crippen LogP contribution in [0, 0.1) is 5.82 Å². The highest BCUT2D eigenvalue weighted by Gasteiger charge is 2.16. The van der Waals surface area contributed by atoms with E-state index in [0.717, 1.165) is 0 Å². The lowest BCUT2D eigenvalue weighted by molar-refractivity contribution is 0.0696. The van der Waals surface area contributed by atoms with Crippen LogP contribution in [0.4, 0.5) is 4.39 Å². The number of benzene rings is 2. The lowest BCUT2D eigenvalue weighted by Gasteiger charge is -2.15. The maximum absolute atomic E-state index is 13.1. The maximum atomic E-state index is 13.1. The number of carbonyl (C=O) groups is 1. The van der Waals surface area contributed by atoms with E-state index in [4.69, 9.17) is 26.2 Å². The van der Waals surface area contributed by atoms with Crippen molar-refractivity contribution in [3.05, 3.63) is 56.8 Å². The molecule has 0 heterocycles. The molecule has 0 saturated carbocycles. The molecule has 0 aliphatic heterocycles. The second kappa shape index (κ2) is 7.66. The smallest absolute Gasteiger partial charge is 0.335 e. The predicted molar refractivity (Wildman–Crippen MR) is 88.0 cm³/mol. The van der Waals surface area contributed by atoms with Crippen molar-refractivity contribution in [2.75, 3.05) is 6.61 Å². The minimum absolute atomic E-state index is 0.0764. The molecule has 0 unspecified atom stereocenters. The van der Waals surface area contributed by atoms with Gasteiger partial charge >= 0.3 is 5.97 Å². The summed E-state index contributed by atoms with van der Waals surface area (Å²) in [7, 11) is 0. The van der Waals surface area contributed by atoms with Crippen LogP contribution >= 0.6 is 27.5 Å². The molecule has 2 rings (SSSR count). The lowest BCUT2D eigenvalue weighted by Crippen LogP contribution is -2.04. The van der Waals surface area contributed by atoms with Gasteiger partial charge in [0.05, 0.1) is 21.7 Å². The van der Waals surface area contributed by atoms with Gasteiger partial charge in [0.25, 0.3) is 0 Å². The molecule has 0 radical (unpaired) electrons. The quantitative estimate of drug-likeness (QED) is 0.744. The summed E-state index contributed by atoms with van der Waals surface area (Å²) in [6.07, 6.45) is 0. The molecule has 2 aromatic rings. The summed E-state index contributed by atoms with van der Waals surface area (Å²) in [4.78, 5) is 11.1. The molecule has 122 valence electrons. The molecule has 0 fully saturated rings. The fraction of sp³-hybridized carbons (Fsp3) is 0.188. The largest absolute Gasteiger partial charge is 0.490 e. The highest BCUT2D eigenvalue weighted by molar-refractivity contribution is 9.10. The van der Waals surface area contributed by atoms with E-state index in [1.54, 1.807) is 6.92 Å². The zero-order chi connectivity index (χ0) is 17.0. The average Bonchev–Trinajstić information content (AvgIpc) is 2.48. The molecule has 0 aromatic heterocycles. The molecule has 4 nitrogen and oxygen atoms in total. The van der Waals surface area contributed by atoms with Gasteiger partial charge in [-0.15, -0.1) is 0 Å². The van der Waals surface area contributed by atoms with E-state index in [9.17, 15) is 9.18 Å². The lowest BCUT2D eigenvalue weighted by atomic mass is 10.2. The summed E-state index contributed by atoms with van der Waals surface area (Å²) in [5.74, 6) is -0.838. The number of ether oxygens (including phenoxy) is 2. The molecule has 1 N–H and O–H groups in total. The third kappa shape index (κ3) is 4.36. The monoisotopic (exact) mass is 402 g/mol. The number of aromatic carboxylic acids is 1. The van der Waals surface area contributed by atoms with Crippen LogP contribution in [0.3, 0.4) is 0 Å². The van der Waals surface area contributed by atoms with Crippen molar-refractivity contribution < 1.29 is 23.8 Å². The van der Waals surface area contributed by atoms with Crippen LogP contribution in [0.15, 0.2) is 34.8 Å². The Morgan fingerprint density at radius 1 is 1.30 bits per heavy atom. The Hall–Kier alpha value is -1.79. The Morgan fingerprint density at radius 3 is 2.65 bits per heavy atom. The van der Waals surface area contributed by atoms with Crippen LogP contribution < -0.4 is 9.47 Å². The second-order valence-electron chi connectivity index (χ2n) is 4.55. The van der Waals surface area contributed by atoms with Gasteiger partial charge in [0.2, 0.25) is 0 Å². The summed E-state index contributed by atoms with van der Waals surface area (Å²) in [5.41, 5.74) is 0.678. The second-order valence-corrected chi connectivity index (χ2v) is 5.81. The molecule has 23 heavy (non-hydrogen) atoms. The van der Waals surface area contributed by atoms with Crippen LogP contribution in [0.25, 0.3) is 0 Å². The molecular weight excluding hydrogens is 391 g/mol. The molecule has 2 aromatic carbocycles. The predicted octanol–water partition coefficient (Wildman–Crippen LogP) is 4.92. The molecule has 0 aliphatic rings. The third-order valence-electron chi connectivity index (χ3n) is 2.94. The Bertz CT molecular complexity index is 736.